The molecule has 0 bridgehead atoms. The number of nitro groups is 1. The molecule has 2 rings (SSSR count). The van der Waals surface area contributed by atoms with E-state index in [1.807, 2.05) is 0 Å². The first-order chi connectivity index (χ1) is 12.4. The zero-order valence-corrected chi connectivity index (χ0v) is 14.8. The normalized spacial score (nSPS) is 17.8. The van der Waals surface area contributed by atoms with Crippen molar-refractivity contribution in [2.75, 3.05) is 20.2 Å². The second-order valence-electron chi connectivity index (χ2n) is 5.40. The maximum atomic E-state index is 12.2. The highest BCUT2D eigenvalue weighted by molar-refractivity contribution is 7.81. The van der Waals surface area contributed by atoms with Crippen LogP contribution in [0.5, 0.6) is 0 Å². The number of nitro benzene ring substituents is 1. The Balaban J connectivity index is 1.92. The van der Waals surface area contributed by atoms with Crippen molar-refractivity contribution in [1.82, 2.24) is 10.2 Å². The van der Waals surface area contributed by atoms with Crippen LogP contribution in [0.1, 0.15) is 12.0 Å². The number of amidine groups is 1. The van der Waals surface area contributed by atoms with Gasteiger partial charge in [0.05, 0.1) is 4.92 Å². The molecule has 1 N–H and O–H groups in total. The van der Waals surface area contributed by atoms with Gasteiger partial charge in [0.15, 0.2) is 12.4 Å². The smallest absolute Gasteiger partial charge is 0.415 e. The lowest BCUT2D eigenvalue weighted by atomic mass is 10.2. The van der Waals surface area contributed by atoms with E-state index in [1.54, 1.807) is 0 Å². The van der Waals surface area contributed by atoms with Crippen molar-refractivity contribution < 1.29 is 24.1 Å². The maximum absolute atomic E-state index is 12.2. The first kappa shape index (κ1) is 19.5. The zero-order chi connectivity index (χ0) is 19.1. The molecule has 0 saturated carbocycles. The first-order valence-corrected chi connectivity index (χ1v) is 8.17. The van der Waals surface area contributed by atoms with Gasteiger partial charge in [-0.05, 0) is 17.7 Å². The Labute approximate surface area is 154 Å². The number of oxime groups is 1. The van der Waals surface area contributed by atoms with Crippen molar-refractivity contribution in [2.24, 2.45) is 5.16 Å². The molecule has 1 heterocycles. The van der Waals surface area contributed by atoms with Gasteiger partial charge in [-0.2, -0.15) is 12.6 Å². The molecule has 0 spiro atoms. The van der Waals surface area contributed by atoms with Crippen LogP contribution in [-0.4, -0.2) is 53.1 Å². The van der Waals surface area contributed by atoms with Crippen molar-refractivity contribution in [1.29, 1.82) is 0 Å². The summed E-state index contributed by atoms with van der Waals surface area (Å²) in [6, 6.07) is 5.70. The minimum absolute atomic E-state index is 0.0415. The Kier molecular flexibility index (Phi) is 6.78. The van der Waals surface area contributed by atoms with Crippen LogP contribution >= 0.6 is 12.6 Å². The second kappa shape index (κ2) is 9.04. The standard InChI is InChI=1S/C15H18N4O6S/c1-16-14(20)9-25-17-13-6-12(26)7-18(13)15(21)24-8-10-2-4-11(5-3-10)19(22)23/h2-5,12,26H,6-9H2,1H3,(H,16,20)/b17-13+/t12-/m0/s1. The molecule has 1 fully saturated rings. The Morgan fingerprint density at radius 1 is 1.42 bits per heavy atom. The minimum atomic E-state index is -0.637. The minimum Gasteiger partial charge on any atom is -0.444 e. The Morgan fingerprint density at radius 2 is 2.12 bits per heavy atom. The topological polar surface area (TPSA) is 123 Å². The van der Waals surface area contributed by atoms with Gasteiger partial charge in [-0.3, -0.25) is 19.8 Å². The van der Waals surface area contributed by atoms with Crippen molar-refractivity contribution >= 4 is 36.2 Å². The molecule has 0 aromatic heterocycles. The third-order valence-electron chi connectivity index (χ3n) is 3.50. The lowest BCUT2D eigenvalue weighted by Gasteiger charge is -2.16. The van der Waals surface area contributed by atoms with Gasteiger partial charge in [-0.15, -0.1) is 0 Å². The summed E-state index contributed by atoms with van der Waals surface area (Å²) in [5.74, 6) is -0.0235. The highest BCUT2D eigenvalue weighted by Gasteiger charge is 2.32. The summed E-state index contributed by atoms with van der Waals surface area (Å²) < 4.78 is 5.21. The van der Waals surface area contributed by atoms with Crippen LogP contribution < -0.4 is 5.32 Å². The number of likely N-dealkylation sites (tertiary alicyclic amines) is 1. The number of hydrogen-bond acceptors (Lipinski definition) is 8. The number of non-ortho nitro benzene ring substituents is 1. The fourth-order valence-electron chi connectivity index (χ4n) is 2.14. The third kappa shape index (κ3) is 5.34. The Bertz CT molecular complexity index is 709. The second-order valence-corrected chi connectivity index (χ2v) is 6.13. The van der Waals surface area contributed by atoms with Gasteiger partial charge in [0.25, 0.3) is 11.6 Å². The molecule has 0 unspecified atom stereocenters. The van der Waals surface area contributed by atoms with Crippen LogP contribution in [0.15, 0.2) is 29.4 Å². The third-order valence-corrected chi connectivity index (χ3v) is 3.84. The number of thiol groups is 1. The van der Waals surface area contributed by atoms with E-state index in [9.17, 15) is 19.7 Å². The predicted molar refractivity (Wildman–Crippen MR) is 94.8 cm³/mol. The lowest BCUT2D eigenvalue weighted by Crippen LogP contribution is -2.33. The van der Waals surface area contributed by atoms with Gasteiger partial charge in [0.2, 0.25) is 0 Å². The molecule has 1 saturated heterocycles. The molecule has 1 atom stereocenters. The number of likely N-dealkylation sites (N-methyl/N-ethyl adjacent to an activating group) is 1. The van der Waals surface area contributed by atoms with E-state index >= 15 is 0 Å². The SMILES string of the molecule is CNC(=O)CO/N=C1\C[C@H](S)CN1C(=O)OCc1ccc([N+](=O)[O-])cc1. The van der Waals surface area contributed by atoms with Crippen LogP contribution in [0.25, 0.3) is 0 Å². The average molecular weight is 382 g/mol. The van der Waals surface area contributed by atoms with Gasteiger partial charge in [-0.25, -0.2) is 4.79 Å². The number of carbonyl (C=O) groups excluding carboxylic acids is 2. The summed E-state index contributed by atoms with van der Waals surface area (Å²) in [6.45, 7) is -0.00968. The van der Waals surface area contributed by atoms with Crippen LogP contribution in [0.4, 0.5) is 10.5 Å². The molecule has 1 aromatic carbocycles. The molecule has 11 heteroatoms. The van der Waals surface area contributed by atoms with E-state index in [-0.39, 0.29) is 30.1 Å². The Hall–Kier alpha value is -2.82. The lowest BCUT2D eigenvalue weighted by molar-refractivity contribution is -0.384. The van der Waals surface area contributed by atoms with Crippen LogP contribution in [0.3, 0.4) is 0 Å². The number of ether oxygens (including phenoxy) is 1. The van der Waals surface area contributed by atoms with Crippen molar-refractivity contribution in [3.63, 3.8) is 0 Å². The fraction of sp³-hybridized carbons (Fsp3) is 0.400. The summed E-state index contributed by atoms with van der Waals surface area (Å²) in [5, 5.41) is 16.7. The van der Waals surface area contributed by atoms with Gasteiger partial charge in [0, 0.05) is 37.4 Å². The molecule has 1 aliphatic heterocycles. The number of hydrogen-bond donors (Lipinski definition) is 2. The van der Waals surface area contributed by atoms with E-state index in [4.69, 9.17) is 9.57 Å². The predicted octanol–water partition coefficient (Wildman–Crippen LogP) is 1.31. The summed E-state index contributed by atoms with van der Waals surface area (Å²) in [4.78, 5) is 39.7. The molecule has 1 aliphatic rings. The highest BCUT2D eigenvalue weighted by atomic mass is 32.1. The number of benzene rings is 1. The largest absolute Gasteiger partial charge is 0.444 e. The molecule has 26 heavy (non-hydrogen) atoms. The van der Waals surface area contributed by atoms with Crippen LogP contribution in [-0.2, 0) is 21.0 Å². The molecule has 0 radical (unpaired) electrons. The highest BCUT2D eigenvalue weighted by Crippen LogP contribution is 2.19. The van der Waals surface area contributed by atoms with E-state index in [2.05, 4.69) is 23.1 Å². The number of rotatable bonds is 6. The number of nitrogens with one attached hydrogen (secondary N) is 1. The molecule has 2 amide bonds. The molecule has 1 aromatic rings. The Morgan fingerprint density at radius 3 is 2.73 bits per heavy atom. The van der Waals surface area contributed by atoms with E-state index < -0.39 is 11.0 Å². The van der Waals surface area contributed by atoms with Gasteiger partial charge < -0.3 is 14.9 Å². The molecular weight excluding hydrogens is 364 g/mol. The monoisotopic (exact) mass is 382 g/mol. The fourth-order valence-corrected chi connectivity index (χ4v) is 2.47. The van der Waals surface area contributed by atoms with Crippen molar-refractivity contribution in [2.45, 2.75) is 18.3 Å². The van der Waals surface area contributed by atoms with Crippen molar-refractivity contribution in [3.8, 4) is 0 Å². The average Bonchev–Trinajstić information content (AvgIpc) is 3.00. The number of carbonyl (C=O) groups is 2. The summed E-state index contributed by atoms with van der Waals surface area (Å²) in [5.41, 5.74) is 0.570. The number of amides is 2. The quantitative estimate of drug-likeness (QED) is 0.434. The maximum Gasteiger partial charge on any atom is 0.415 e. The van der Waals surface area contributed by atoms with Gasteiger partial charge in [-0.1, -0.05) is 5.16 Å². The summed E-state index contributed by atoms with van der Waals surface area (Å²) in [7, 11) is 1.47. The molecule has 10 nitrogen and oxygen atoms in total. The van der Waals surface area contributed by atoms with Crippen molar-refractivity contribution in [3.05, 3.63) is 39.9 Å². The van der Waals surface area contributed by atoms with E-state index in [1.165, 1.54) is 36.2 Å². The first-order valence-electron chi connectivity index (χ1n) is 7.65. The summed E-state index contributed by atoms with van der Waals surface area (Å²) in [6.07, 6.45) is -0.245. The number of nitrogens with zero attached hydrogens (tertiary/aromatic N) is 3. The molecule has 140 valence electrons. The van der Waals surface area contributed by atoms with Crippen LogP contribution in [0.2, 0.25) is 0 Å². The van der Waals surface area contributed by atoms with Crippen LogP contribution in [0, 0.1) is 10.1 Å². The van der Waals surface area contributed by atoms with Gasteiger partial charge in [0.1, 0.15) is 6.61 Å². The molecule has 0 aliphatic carbocycles. The molecular formula is C15H18N4O6S. The summed E-state index contributed by atoms with van der Waals surface area (Å²) >= 11 is 4.33. The zero-order valence-electron chi connectivity index (χ0n) is 14.0. The van der Waals surface area contributed by atoms with Gasteiger partial charge >= 0.3 is 6.09 Å². The van der Waals surface area contributed by atoms with E-state index in [0.717, 1.165) is 0 Å². The van der Waals surface area contributed by atoms with E-state index in [0.29, 0.717) is 24.4 Å².